The molecule has 1 aromatic rings. The van der Waals surface area contributed by atoms with Crippen LogP contribution < -0.4 is 0 Å². The van der Waals surface area contributed by atoms with Crippen molar-refractivity contribution in [3.63, 3.8) is 0 Å². The van der Waals surface area contributed by atoms with Gasteiger partial charge < -0.3 is 0 Å². The second-order valence-electron chi connectivity index (χ2n) is 3.48. The molecule has 0 fully saturated rings. The predicted molar refractivity (Wildman–Crippen MR) is 60.9 cm³/mol. The molecule has 0 aliphatic heterocycles. The molecule has 0 aliphatic rings. The maximum atomic E-state index is 11.8. The summed E-state index contributed by atoms with van der Waals surface area (Å²) in [7, 11) is 0. The normalized spacial score (nSPS) is 11.7. The highest BCUT2D eigenvalue weighted by Gasteiger charge is 2.28. The summed E-state index contributed by atoms with van der Waals surface area (Å²) in [6.07, 6.45) is 0. The van der Waals surface area contributed by atoms with Gasteiger partial charge in [0.2, 0.25) is 0 Å². The Kier molecular flexibility index (Phi) is 3.55. The fraction of sp³-hybridized carbons (Fsp3) is 0.444. The van der Waals surface area contributed by atoms with Crippen LogP contribution in [0.3, 0.4) is 0 Å². The first-order valence-corrected chi connectivity index (χ1v) is 6.03. The van der Waals surface area contributed by atoms with Gasteiger partial charge in [-0.1, -0.05) is 13.8 Å². The van der Waals surface area contributed by atoms with E-state index in [1.54, 1.807) is 0 Å². The summed E-state index contributed by atoms with van der Waals surface area (Å²) in [4.78, 5) is 12.6. The highest BCUT2D eigenvalue weighted by atomic mass is 79.9. The molecule has 0 saturated heterocycles. The molecule has 0 spiro atoms. The van der Waals surface area contributed by atoms with E-state index in [4.69, 9.17) is 11.6 Å². The van der Waals surface area contributed by atoms with Gasteiger partial charge in [-0.15, -0.1) is 22.9 Å². The Morgan fingerprint density at radius 2 is 2.31 bits per heavy atom. The second kappa shape index (κ2) is 4.11. The van der Waals surface area contributed by atoms with Gasteiger partial charge in [0, 0.05) is 21.1 Å². The third kappa shape index (κ3) is 2.55. The minimum absolute atomic E-state index is 0.109. The summed E-state index contributed by atoms with van der Waals surface area (Å²) in [6.45, 7) is 3.71. The van der Waals surface area contributed by atoms with Gasteiger partial charge in [-0.05, 0) is 22.0 Å². The smallest absolute Gasteiger partial charge is 0.179 e. The minimum atomic E-state index is -0.466. The van der Waals surface area contributed by atoms with Crippen LogP contribution in [0.5, 0.6) is 0 Å². The lowest BCUT2D eigenvalue weighted by Crippen LogP contribution is -2.25. The van der Waals surface area contributed by atoms with E-state index in [1.165, 1.54) is 11.3 Å². The van der Waals surface area contributed by atoms with Crippen molar-refractivity contribution in [1.82, 2.24) is 0 Å². The van der Waals surface area contributed by atoms with E-state index in [-0.39, 0.29) is 5.78 Å². The molecule has 1 nitrogen and oxygen atoms in total. The zero-order valence-corrected chi connectivity index (χ0v) is 10.6. The van der Waals surface area contributed by atoms with E-state index in [0.29, 0.717) is 5.88 Å². The number of alkyl halides is 1. The van der Waals surface area contributed by atoms with Crippen LogP contribution in [0.4, 0.5) is 0 Å². The van der Waals surface area contributed by atoms with Crippen LogP contribution in [0.1, 0.15) is 23.5 Å². The van der Waals surface area contributed by atoms with Crippen molar-refractivity contribution in [2.45, 2.75) is 13.8 Å². The van der Waals surface area contributed by atoms with E-state index in [2.05, 4.69) is 15.9 Å². The van der Waals surface area contributed by atoms with E-state index in [1.807, 2.05) is 25.3 Å². The van der Waals surface area contributed by atoms with Crippen molar-refractivity contribution in [2.75, 3.05) is 5.88 Å². The number of carbonyl (C=O) groups is 1. The Labute approximate surface area is 95.2 Å². The SMILES string of the molecule is CC(C)(CCl)C(=O)c1cc(Br)cs1. The van der Waals surface area contributed by atoms with E-state index in [0.717, 1.165) is 9.35 Å². The van der Waals surface area contributed by atoms with Crippen LogP contribution in [0.2, 0.25) is 0 Å². The third-order valence-corrected chi connectivity index (χ3v) is 4.10. The van der Waals surface area contributed by atoms with Gasteiger partial charge in [-0.25, -0.2) is 0 Å². The van der Waals surface area contributed by atoms with Crippen molar-refractivity contribution < 1.29 is 4.79 Å². The Bertz CT molecular complexity index is 319. The summed E-state index contributed by atoms with van der Waals surface area (Å²) in [5.41, 5.74) is -0.466. The number of hydrogen-bond donors (Lipinski definition) is 0. The first-order valence-electron chi connectivity index (χ1n) is 3.82. The average molecular weight is 282 g/mol. The zero-order chi connectivity index (χ0) is 10.1. The van der Waals surface area contributed by atoms with Crippen LogP contribution in [0.15, 0.2) is 15.9 Å². The fourth-order valence-corrected chi connectivity index (χ4v) is 2.49. The van der Waals surface area contributed by atoms with Gasteiger partial charge in [0.25, 0.3) is 0 Å². The molecule has 0 aliphatic carbocycles. The van der Waals surface area contributed by atoms with Crippen LogP contribution in [-0.2, 0) is 0 Å². The summed E-state index contributed by atoms with van der Waals surface area (Å²) < 4.78 is 0.950. The number of thiophene rings is 1. The van der Waals surface area contributed by atoms with Crippen LogP contribution in [0.25, 0.3) is 0 Å². The first-order chi connectivity index (χ1) is 5.97. The maximum Gasteiger partial charge on any atom is 0.179 e. The van der Waals surface area contributed by atoms with Crippen LogP contribution in [-0.4, -0.2) is 11.7 Å². The van der Waals surface area contributed by atoms with E-state index >= 15 is 0 Å². The van der Waals surface area contributed by atoms with Crippen molar-refractivity contribution in [2.24, 2.45) is 5.41 Å². The Hall–Kier alpha value is 0.140. The van der Waals surface area contributed by atoms with Crippen molar-refractivity contribution in [3.05, 3.63) is 20.8 Å². The largest absolute Gasteiger partial charge is 0.293 e. The molecule has 0 saturated carbocycles. The number of carbonyl (C=O) groups excluding carboxylic acids is 1. The van der Waals surface area contributed by atoms with E-state index in [9.17, 15) is 4.79 Å². The van der Waals surface area contributed by atoms with Crippen LogP contribution >= 0.6 is 38.9 Å². The molecule has 72 valence electrons. The standard InChI is InChI=1S/C9H10BrClOS/c1-9(2,5-11)8(12)7-3-6(10)4-13-7/h3-4H,5H2,1-2H3. The lowest BCUT2D eigenvalue weighted by molar-refractivity contribution is 0.0866. The summed E-state index contributed by atoms with van der Waals surface area (Å²) in [5.74, 6) is 0.458. The fourth-order valence-electron chi connectivity index (χ4n) is 0.826. The Morgan fingerprint density at radius 1 is 1.69 bits per heavy atom. The maximum absolute atomic E-state index is 11.8. The second-order valence-corrected chi connectivity index (χ2v) is 5.57. The van der Waals surface area contributed by atoms with Gasteiger partial charge >= 0.3 is 0 Å². The molecule has 1 heterocycles. The van der Waals surface area contributed by atoms with Gasteiger partial charge in [0.1, 0.15) is 0 Å². The summed E-state index contributed by atoms with van der Waals surface area (Å²) in [5, 5.41) is 1.90. The molecule has 4 heteroatoms. The predicted octanol–water partition coefficient (Wildman–Crippen LogP) is 3.96. The van der Waals surface area contributed by atoms with Gasteiger partial charge in [-0.3, -0.25) is 4.79 Å². The lowest BCUT2D eigenvalue weighted by atomic mass is 9.90. The molecule has 0 N–H and O–H groups in total. The molecule has 0 amide bonds. The first kappa shape index (κ1) is 11.2. The Morgan fingerprint density at radius 3 is 2.69 bits per heavy atom. The molecule has 0 unspecified atom stereocenters. The zero-order valence-electron chi connectivity index (χ0n) is 7.43. The molecule has 1 rings (SSSR count). The van der Waals surface area contributed by atoms with Gasteiger partial charge in [0.05, 0.1) is 4.88 Å². The van der Waals surface area contributed by atoms with Gasteiger partial charge in [0.15, 0.2) is 5.78 Å². The van der Waals surface area contributed by atoms with Crippen LogP contribution in [0, 0.1) is 5.41 Å². The molecule has 0 aromatic carbocycles. The topological polar surface area (TPSA) is 17.1 Å². The molecule has 13 heavy (non-hydrogen) atoms. The molecule has 0 bridgehead atoms. The summed E-state index contributed by atoms with van der Waals surface area (Å²) in [6, 6.07) is 1.83. The monoisotopic (exact) mass is 280 g/mol. The van der Waals surface area contributed by atoms with Crippen molar-refractivity contribution in [3.8, 4) is 0 Å². The highest BCUT2D eigenvalue weighted by Crippen LogP contribution is 2.28. The minimum Gasteiger partial charge on any atom is -0.293 e. The van der Waals surface area contributed by atoms with Crippen molar-refractivity contribution in [1.29, 1.82) is 0 Å². The average Bonchev–Trinajstić information content (AvgIpc) is 2.50. The number of halogens is 2. The quantitative estimate of drug-likeness (QED) is 0.605. The number of Topliss-reactive ketones (excluding diaryl/α,β-unsaturated/α-hetero) is 1. The third-order valence-electron chi connectivity index (χ3n) is 1.74. The molecule has 0 atom stereocenters. The lowest BCUT2D eigenvalue weighted by Gasteiger charge is -2.17. The molecule has 0 radical (unpaired) electrons. The number of ketones is 1. The van der Waals surface area contributed by atoms with Gasteiger partial charge in [-0.2, -0.15) is 0 Å². The molecule has 1 aromatic heterocycles. The molecular weight excluding hydrogens is 272 g/mol. The number of rotatable bonds is 3. The Balaban J connectivity index is 2.91. The highest BCUT2D eigenvalue weighted by molar-refractivity contribution is 9.10. The van der Waals surface area contributed by atoms with E-state index < -0.39 is 5.41 Å². The van der Waals surface area contributed by atoms with Crippen molar-refractivity contribution >= 4 is 44.7 Å². The molecular formula is C9H10BrClOS. The summed E-state index contributed by atoms with van der Waals surface area (Å²) >= 11 is 10.5. The number of hydrogen-bond acceptors (Lipinski definition) is 2.